The number of pyridine rings is 1. The smallest absolute Gasteiger partial charge is 0.257 e. The maximum absolute atomic E-state index is 12.6. The summed E-state index contributed by atoms with van der Waals surface area (Å²) < 4.78 is 18.0. The van der Waals surface area contributed by atoms with Gasteiger partial charge in [-0.1, -0.05) is 12.1 Å². The Morgan fingerprint density at radius 1 is 1.21 bits per heavy atom. The summed E-state index contributed by atoms with van der Waals surface area (Å²) in [6.07, 6.45) is 3.30. The molecule has 0 bridgehead atoms. The Labute approximate surface area is 175 Å². The van der Waals surface area contributed by atoms with Gasteiger partial charge in [-0.25, -0.2) is 4.98 Å². The molecule has 0 radical (unpaired) electrons. The van der Waals surface area contributed by atoms with E-state index in [0.29, 0.717) is 30.2 Å². The first-order valence-electron chi connectivity index (χ1n) is 10.2. The highest BCUT2D eigenvalue weighted by Crippen LogP contribution is 2.19. The van der Waals surface area contributed by atoms with Crippen LogP contribution in [0.5, 0.6) is 0 Å². The molecule has 1 unspecified atom stereocenters. The first-order valence-corrected chi connectivity index (χ1v) is 11.5. The monoisotopic (exact) mass is 415 g/mol. The second-order valence-corrected chi connectivity index (χ2v) is 8.79. The molecule has 1 fully saturated rings. The molecule has 156 valence electrons. The van der Waals surface area contributed by atoms with Crippen molar-refractivity contribution < 1.29 is 13.7 Å². The van der Waals surface area contributed by atoms with Crippen molar-refractivity contribution in [3.63, 3.8) is 0 Å². The van der Waals surface area contributed by atoms with Crippen molar-refractivity contribution in [2.75, 3.05) is 36.5 Å². The zero-order valence-corrected chi connectivity index (χ0v) is 17.9. The number of carbonyl (C=O) groups excluding carboxylic acids is 1. The van der Waals surface area contributed by atoms with E-state index in [1.807, 2.05) is 30.3 Å². The van der Waals surface area contributed by atoms with E-state index in [1.165, 1.54) is 0 Å². The molecule has 1 amide bonds. The van der Waals surface area contributed by atoms with Crippen molar-refractivity contribution >= 4 is 28.2 Å². The maximum atomic E-state index is 12.6. The first kappa shape index (κ1) is 21.5. The lowest BCUT2D eigenvalue weighted by Gasteiger charge is -2.21. The number of benzene rings is 1. The van der Waals surface area contributed by atoms with Gasteiger partial charge in [0.25, 0.3) is 5.91 Å². The van der Waals surface area contributed by atoms with Gasteiger partial charge in [0.2, 0.25) is 0 Å². The lowest BCUT2D eigenvalue weighted by molar-refractivity contribution is 0.0991. The molecule has 0 saturated carbocycles. The number of carbonyl (C=O) groups is 1. The van der Waals surface area contributed by atoms with Crippen molar-refractivity contribution in [1.29, 1.82) is 0 Å². The average molecular weight is 416 g/mol. The molecule has 1 N–H and O–H groups in total. The zero-order valence-electron chi connectivity index (χ0n) is 17.1. The first-order chi connectivity index (χ1) is 14.1. The van der Waals surface area contributed by atoms with Gasteiger partial charge in [0.15, 0.2) is 0 Å². The quantitative estimate of drug-likeness (QED) is 0.713. The fourth-order valence-electron chi connectivity index (χ4n) is 3.42. The second kappa shape index (κ2) is 10.5. The Morgan fingerprint density at radius 3 is 2.62 bits per heavy atom. The molecule has 0 spiro atoms. The van der Waals surface area contributed by atoms with Crippen LogP contribution in [-0.4, -0.2) is 46.7 Å². The minimum atomic E-state index is -0.931. The Morgan fingerprint density at radius 2 is 1.97 bits per heavy atom. The Bertz CT molecular complexity index is 831. The number of nitrogens with one attached hydrogen (secondary N) is 1. The lowest BCUT2D eigenvalue weighted by Crippen LogP contribution is -2.25. The molecular formula is C22H29N3O3S. The molecule has 6 nitrogen and oxygen atoms in total. The summed E-state index contributed by atoms with van der Waals surface area (Å²) in [5, 5.41) is 3.11. The van der Waals surface area contributed by atoms with Gasteiger partial charge < -0.3 is 15.0 Å². The Kier molecular flexibility index (Phi) is 7.77. The fourth-order valence-corrected chi connectivity index (χ4v) is 4.88. The number of ether oxygens (including phenoxy) is 1. The summed E-state index contributed by atoms with van der Waals surface area (Å²) in [5.41, 5.74) is 2.17. The molecule has 1 aromatic heterocycles. The second-order valence-electron chi connectivity index (χ2n) is 7.07. The van der Waals surface area contributed by atoms with Gasteiger partial charge in [0, 0.05) is 60.0 Å². The van der Waals surface area contributed by atoms with E-state index in [-0.39, 0.29) is 11.2 Å². The van der Waals surface area contributed by atoms with E-state index in [2.05, 4.69) is 29.0 Å². The van der Waals surface area contributed by atoms with Crippen LogP contribution in [0.25, 0.3) is 0 Å². The maximum Gasteiger partial charge on any atom is 0.257 e. The summed E-state index contributed by atoms with van der Waals surface area (Å²) in [4.78, 5) is 19.1. The molecule has 29 heavy (non-hydrogen) atoms. The van der Waals surface area contributed by atoms with Crippen LogP contribution in [0, 0.1) is 0 Å². The summed E-state index contributed by atoms with van der Waals surface area (Å²) in [5.74, 6) is 1.16. The van der Waals surface area contributed by atoms with Crippen molar-refractivity contribution in [3.8, 4) is 0 Å². The Hall–Kier alpha value is -2.25. The molecule has 1 saturated heterocycles. The van der Waals surface area contributed by atoms with Crippen LogP contribution in [0.1, 0.15) is 42.6 Å². The molecule has 1 atom stereocenters. The van der Waals surface area contributed by atoms with E-state index in [9.17, 15) is 9.00 Å². The van der Waals surface area contributed by atoms with E-state index >= 15 is 0 Å². The van der Waals surface area contributed by atoms with Crippen LogP contribution in [-0.2, 0) is 21.3 Å². The highest BCUT2D eigenvalue weighted by molar-refractivity contribution is 7.84. The molecule has 2 aromatic rings. The van der Waals surface area contributed by atoms with Crippen LogP contribution in [0.15, 0.2) is 42.6 Å². The normalized spacial score (nSPS) is 15.7. The number of anilines is 2. The van der Waals surface area contributed by atoms with Crippen LogP contribution < -0.4 is 10.2 Å². The topological polar surface area (TPSA) is 71.5 Å². The van der Waals surface area contributed by atoms with Crippen LogP contribution in [0.3, 0.4) is 0 Å². The fraction of sp³-hybridized carbons (Fsp3) is 0.455. The number of hydrogen-bond acceptors (Lipinski definition) is 5. The summed E-state index contributed by atoms with van der Waals surface area (Å²) in [6, 6.07) is 11.2. The molecule has 1 aliphatic heterocycles. The lowest BCUT2D eigenvalue weighted by atomic mass is 10.2. The molecule has 3 rings (SSSR count). The van der Waals surface area contributed by atoms with Crippen molar-refractivity contribution in [2.24, 2.45) is 0 Å². The van der Waals surface area contributed by atoms with E-state index < -0.39 is 10.8 Å². The minimum absolute atomic E-state index is 0.192. The molecular weight excluding hydrogens is 386 g/mol. The van der Waals surface area contributed by atoms with Gasteiger partial charge in [0.05, 0.1) is 5.56 Å². The third-order valence-corrected chi connectivity index (χ3v) is 6.96. The summed E-state index contributed by atoms with van der Waals surface area (Å²) in [7, 11) is -0.931. The van der Waals surface area contributed by atoms with E-state index in [0.717, 1.165) is 37.3 Å². The zero-order chi connectivity index (χ0) is 20.6. The predicted octanol–water partition coefficient (Wildman–Crippen LogP) is 3.61. The van der Waals surface area contributed by atoms with Crippen molar-refractivity contribution in [1.82, 2.24) is 4.98 Å². The number of rotatable bonds is 8. The van der Waals surface area contributed by atoms with Gasteiger partial charge in [-0.3, -0.25) is 9.00 Å². The van der Waals surface area contributed by atoms with Crippen LogP contribution in [0.4, 0.5) is 11.5 Å². The Balaban J connectivity index is 1.62. The molecule has 1 aromatic carbocycles. The van der Waals surface area contributed by atoms with Crippen LogP contribution in [0.2, 0.25) is 0 Å². The third kappa shape index (κ3) is 5.87. The number of aromatic nitrogens is 1. The third-order valence-electron chi connectivity index (χ3n) is 5.13. The molecule has 0 aliphatic carbocycles. The van der Waals surface area contributed by atoms with Gasteiger partial charge in [0.1, 0.15) is 5.82 Å². The highest BCUT2D eigenvalue weighted by atomic mass is 32.2. The summed E-state index contributed by atoms with van der Waals surface area (Å²) >= 11 is 0. The van der Waals surface area contributed by atoms with Gasteiger partial charge in [-0.15, -0.1) is 0 Å². The van der Waals surface area contributed by atoms with Gasteiger partial charge >= 0.3 is 0 Å². The van der Waals surface area contributed by atoms with E-state index in [1.54, 1.807) is 12.3 Å². The average Bonchev–Trinajstić information content (AvgIpc) is 2.76. The minimum Gasteiger partial charge on any atom is -0.381 e. The van der Waals surface area contributed by atoms with Crippen molar-refractivity contribution in [2.45, 2.75) is 37.7 Å². The molecule has 1 aliphatic rings. The van der Waals surface area contributed by atoms with Gasteiger partial charge in [-0.2, -0.15) is 0 Å². The van der Waals surface area contributed by atoms with E-state index in [4.69, 9.17) is 4.74 Å². The number of amides is 1. The van der Waals surface area contributed by atoms with Crippen LogP contribution >= 0.6 is 0 Å². The molecule has 2 heterocycles. The summed E-state index contributed by atoms with van der Waals surface area (Å²) in [6.45, 7) is 7.27. The predicted molar refractivity (Wildman–Crippen MR) is 118 cm³/mol. The number of hydrogen-bond donors (Lipinski definition) is 1. The number of nitrogens with zero attached hydrogens (tertiary/aromatic N) is 2. The van der Waals surface area contributed by atoms with Crippen molar-refractivity contribution in [3.05, 3.63) is 53.7 Å². The highest BCUT2D eigenvalue weighted by Gasteiger charge is 2.20. The SMILES string of the molecule is CCN(CC)c1ccc(C(=O)Nc2cccc(CS(=O)C3CCOCC3)c2)cn1. The van der Waals surface area contributed by atoms with Gasteiger partial charge in [-0.05, 0) is 56.5 Å². The standard InChI is InChI=1S/C22H29N3O3S/c1-3-25(4-2)21-9-8-18(15-23-21)22(26)24-19-7-5-6-17(14-19)16-29(27)20-10-12-28-13-11-20/h5-9,14-15,20H,3-4,10-13,16H2,1-2H3,(H,24,26). The molecule has 7 heteroatoms. The largest absolute Gasteiger partial charge is 0.381 e.